The molecular weight excluding hydrogens is 316 g/mol. The molecule has 136 valence electrons. The quantitative estimate of drug-likeness (QED) is 0.848. The summed E-state index contributed by atoms with van der Waals surface area (Å²) >= 11 is 0. The van der Waals surface area contributed by atoms with Crippen molar-refractivity contribution in [1.29, 1.82) is 0 Å². The Morgan fingerprint density at radius 2 is 1.92 bits per heavy atom. The zero-order valence-corrected chi connectivity index (χ0v) is 14.9. The molecule has 3 amide bonds. The molecule has 2 fully saturated rings. The molecule has 2 aliphatic rings. The van der Waals surface area contributed by atoms with Crippen LogP contribution in [0.4, 0.5) is 4.79 Å². The Morgan fingerprint density at radius 3 is 2.72 bits per heavy atom. The van der Waals surface area contributed by atoms with Crippen LogP contribution in [-0.2, 0) is 11.3 Å². The Labute approximate surface area is 149 Å². The Hall–Kier alpha value is -1.92. The van der Waals surface area contributed by atoms with Gasteiger partial charge in [-0.1, -0.05) is 30.3 Å². The summed E-state index contributed by atoms with van der Waals surface area (Å²) in [5, 5.41) is 5.15. The second kappa shape index (κ2) is 8.45. The van der Waals surface area contributed by atoms with E-state index >= 15 is 0 Å². The molecule has 2 unspecified atom stereocenters. The number of likely N-dealkylation sites (N-methyl/N-ethyl adjacent to an activating group) is 1. The van der Waals surface area contributed by atoms with E-state index in [1.807, 2.05) is 30.3 Å². The summed E-state index contributed by atoms with van der Waals surface area (Å²) in [7, 11) is 2.16. The standard InChI is InChI=1S/C19H28N4O2/c1-22-10-7-16-8-11-23(17(16)14-22)12-9-18(24)21-19(25)20-13-15-5-3-2-4-6-15/h2-6,16-17H,7-14H2,1H3,(H2,20,21,24,25). The number of hydrogen-bond donors (Lipinski definition) is 2. The highest BCUT2D eigenvalue weighted by Crippen LogP contribution is 2.30. The summed E-state index contributed by atoms with van der Waals surface area (Å²) in [5.74, 6) is 0.562. The number of hydrogen-bond acceptors (Lipinski definition) is 4. The fourth-order valence-corrected chi connectivity index (χ4v) is 3.92. The number of urea groups is 1. The lowest BCUT2D eigenvalue weighted by atomic mass is 9.92. The predicted octanol–water partition coefficient (Wildman–Crippen LogP) is 1.43. The summed E-state index contributed by atoms with van der Waals surface area (Å²) < 4.78 is 0. The lowest BCUT2D eigenvalue weighted by Gasteiger charge is -2.36. The van der Waals surface area contributed by atoms with Gasteiger partial charge in [0, 0.05) is 32.1 Å². The van der Waals surface area contributed by atoms with Crippen molar-refractivity contribution in [1.82, 2.24) is 20.4 Å². The van der Waals surface area contributed by atoms with Crippen molar-refractivity contribution in [3.8, 4) is 0 Å². The molecule has 3 rings (SSSR count). The van der Waals surface area contributed by atoms with Gasteiger partial charge in [0.2, 0.25) is 5.91 Å². The normalized spacial score (nSPS) is 23.9. The summed E-state index contributed by atoms with van der Waals surface area (Å²) in [6, 6.07) is 9.79. The number of piperidine rings is 1. The number of carbonyl (C=O) groups excluding carboxylic acids is 2. The molecule has 2 atom stereocenters. The number of benzene rings is 1. The van der Waals surface area contributed by atoms with E-state index in [0.29, 0.717) is 19.0 Å². The molecule has 6 heteroatoms. The van der Waals surface area contributed by atoms with Crippen LogP contribution in [0.15, 0.2) is 30.3 Å². The van der Waals surface area contributed by atoms with Crippen LogP contribution in [0, 0.1) is 5.92 Å². The van der Waals surface area contributed by atoms with Crippen molar-refractivity contribution in [3.63, 3.8) is 0 Å². The van der Waals surface area contributed by atoms with Crippen molar-refractivity contribution >= 4 is 11.9 Å². The first-order chi connectivity index (χ1) is 12.1. The minimum atomic E-state index is -0.425. The van der Waals surface area contributed by atoms with Gasteiger partial charge in [0.15, 0.2) is 0 Å². The number of rotatable bonds is 5. The number of amides is 3. The van der Waals surface area contributed by atoms with Gasteiger partial charge < -0.3 is 10.2 Å². The molecule has 2 heterocycles. The average molecular weight is 344 g/mol. The summed E-state index contributed by atoms with van der Waals surface area (Å²) in [5.41, 5.74) is 1.01. The first-order valence-corrected chi connectivity index (χ1v) is 9.16. The van der Waals surface area contributed by atoms with Gasteiger partial charge >= 0.3 is 6.03 Å². The zero-order chi connectivity index (χ0) is 17.6. The Morgan fingerprint density at radius 1 is 1.16 bits per heavy atom. The van der Waals surface area contributed by atoms with Gasteiger partial charge in [0.1, 0.15) is 0 Å². The minimum Gasteiger partial charge on any atom is -0.334 e. The first-order valence-electron chi connectivity index (χ1n) is 9.16. The molecule has 0 aliphatic carbocycles. The summed E-state index contributed by atoms with van der Waals surface area (Å²) in [4.78, 5) is 28.7. The fraction of sp³-hybridized carbons (Fsp3) is 0.579. The van der Waals surface area contributed by atoms with E-state index in [2.05, 4.69) is 27.5 Å². The number of nitrogens with one attached hydrogen (secondary N) is 2. The maximum absolute atomic E-state index is 12.0. The molecule has 0 bridgehead atoms. The van der Waals surface area contributed by atoms with Crippen LogP contribution >= 0.6 is 0 Å². The van der Waals surface area contributed by atoms with Crippen LogP contribution in [0.5, 0.6) is 0 Å². The van der Waals surface area contributed by atoms with Gasteiger partial charge in [0.05, 0.1) is 0 Å². The maximum Gasteiger partial charge on any atom is 0.321 e. The number of fused-ring (bicyclic) bond motifs is 1. The van der Waals surface area contributed by atoms with Gasteiger partial charge in [-0.25, -0.2) is 4.79 Å². The molecule has 0 aromatic heterocycles. The van der Waals surface area contributed by atoms with Crippen molar-refractivity contribution in [3.05, 3.63) is 35.9 Å². The molecule has 0 saturated carbocycles. The monoisotopic (exact) mass is 344 g/mol. The van der Waals surface area contributed by atoms with E-state index in [-0.39, 0.29) is 5.91 Å². The van der Waals surface area contributed by atoms with Crippen LogP contribution in [-0.4, -0.2) is 61.0 Å². The lowest BCUT2D eigenvalue weighted by molar-refractivity contribution is -0.120. The minimum absolute atomic E-state index is 0.210. The molecule has 1 aromatic rings. The Bertz CT molecular complexity index is 592. The largest absolute Gasteiger partial charge is 0.334 e. The van der Waals surface area contributed by atoms with E-state index in [4.69, 9.17) is 0 Å². The third-order valence-electron chi connectivity index (χ3n) is 5.36. The summed E-state index contributed by atoms with van der Waals surface area (Å²) in [6.45, 7) is 4.48. The lowest BCUT2D eigenvalue weighted by Crippen LogP contribution is -2.47. The second-order valence-corrected chi connectivity index (χ2v) is 7.17. The Balaban J connectivity index is 1.37. The smallest absolute Gasteiger partial charge is 0.321 e. The van der Waals surface area contributed by atoms with Gasteiger partial charge in [-0.15, -0.1) is 0 Å². The number of likely N-dealkylation sites (tertiary alicyclic amines) is 2. The highest BCUT2D eigenvalue weighted by atomic mass is 16.2. The molecule has 2 aliphatic heterocycles. The van der Waals surface area contributed by atoms with Crippen LogP contribution in [0.2, 0.25) is 0 Å². The van der Waals surface area contributed by atoms with E-state index in [9.17, 15) is 9.59 Å². The molecular formula is C19H28N4O2. The van der Waals surface area contributed by atoms with Gasteiger partial charge in [-0.2, -0.15) is 0 Å². The van der Waals surface area contributed by atoms with Gasteiger partial charge in [-0.05, 0) is 44.5 Å². The average Bonchev–Trinajstić information content (AvgIpc) is 3.01. The molecule has 2 saturated heterocycles. The van der Waals surface area contributed by atoms with Crippen LogP contribution in [0.1, 0.15) is 24.8 Å². The molecule has 0 radical (unpaired) electrons. The SMILES string of the molecule is CN1CCC2CCN(CCC(=O)NC(=O)NCc3ccccc3)C2C1. The predicted molar refractivity (Wildman–Crippen MR) is 97.0 cm³/mol. The van der Waals surface area contributed by atoms with Gasteiger partial charge in [0.25, 0.3) is 0 Å². The van der Waals surface area contributed by atoms with Crippen molar-refractivity contribution < 1.29 is 9.59 Å². The summed E-state index contributed by atoms with van der Waals surface area (Å²) in [6.07, 6.45) is 2.86. The molecule has 0 spiro atoms. The molecule has 6 nitrogen and oxygen atoms in total. The Kier molecular flexibility index (Phi) is 6.04. The molecule has 2 N–H and O–H groups in total. The number of imide groups is 1. The van der Waals surface area contributed by atoms with Crippen LogP contribution < -0.4 is 10.6 Å². The number of carbonyl (C=O) groups is 2. The van der Waals surface area contributed by atoms with E-state index in [0.717, 1.165) is 31.1 Å². The van der Waals surface area contributed by atoms with Crippen molar-refractivity contribution in [2.24, 2.45) is 5.92 Å². The maximum atomic E-state index is 12.0. The van der Waals surface area contributed by atoms with Gasteiger partial charge in [-0.3, -0.25) is 15.0 Å². The molecule has 1 aromatic carbocycles. The van der Waals surface area contributed by atoms with E-state index in [1.54, 1.807) is 0 Å². The second-order valence-electron chi connectivity index (χ2n) is 7.17. The zero-order valence-electron chi connectivity index (χ0n) is 14.9. The first kappa shape index (κ1) is 17.9. The highest BCUT2D eigenvalue weighted by Gasteiger charge is 2.37. The van der Waals surface area contributed by atoms with Crippen molar-refractivity contribution in [2.45, 2.75) is 31.8 Å². The van der Waals surface area contributed by atoms with Crippen molar-refractivity contribution in [2.75, 3.05) is 33.2 Å². The van der Waals surface area contributed by atoms with E-state index < -0.39 is 6.03 Å². The van der Waals surface area contributed by atoms with E-state index in [1.165, 1.54) is 19.4 Å². The highest BCUT2D eigenvalue weighted by molar-refractivity contribution is 5.94. The number of nitrogens with zero attached hydrogens (tertiary/aromatic N) is 2. The third-order valence-corrected chi connectivity index (χ3v) is 5.36. The van der Waals surface area contributed by atoms with Crippen LogP contribution in [0.3, 0.4) is 0 Å². The third kappa shape index (κ3) is 5.03. The molecule has 25 heavy (non-hydrogen) atoms. The van der Waals surface area contributed by atoms with Crippen LogP contribution in [0.25, 0.3) is 0 Å². The topological polar surface area (TPSA) is 64.7 Å². The fourth-order valence-electron chi connectivity index (χ4n) is 3.92.